The van der Waals surface area contributed by atoms with E-state index in [2.05, 4.69) is 59.1 Å². The average molecular weight is 383 g/mol. The molecule has 0 bridgehead atoms. The topological polar surface area (TPSA) is 30.5 Å². The van der Waals surface area contributed by atoms with E-state index in [9.17, 15) is 0 Å². The van der Waals surface area contributed by atoms with E-state index in [1.807, 2.05) is 18.2 Å². The van der Waals surface area contributed by atoms with Crippen LogP contribution in [0, 0.1) is 3.57 Å². The molecule has 2 rings (SSSR count). The molecule has 4 heteroatoms. The highest BCUT2D eigenvalue weighted by molar-refractivity contribution is 14.1. The first-order valence-electron chi connectivity index (χ1n) is 6.38. The van der Waals surface area contributed by atoms with Gasteiger partial charge in [0.25, 0.3) is 0 Å². The van der Waals surface area contributed by atoms with Gasteiger partial charge in [-0.2, -0.15) is 0 Å². The average Bonchev–Trinajstić information content (AvgIpc) is 2.48. The van der Waals surface area contributed by atoms with Crippen LogP contribution in [0.2, 0.25) is 0 Å². The minimum Gasteiger partial charge on any atom is -0.497 e. The van der Waals surface area contributed by atoms with E-state index in [0.29, 0.717) is 0 Å². The van der Waals surface area contributed by atoms with Gasteiger partial charge < -0.3 is 14.8 Å². The normalized spacial score (nSPS) is 11.8. The third-order valence-corrected chi connectivity index (χ3v) is 3.87. The molecule has 1 N–H and O–H groups in total. The molecule has 0 saturated carbocycles. The zero-order valence-corrected chi connectivity index (χ0v) is 14.0. The van der Waals surface area contributed by atoms with Crippen molar-refractivity contribution in [3.05, 3.63) is 51.6 Å². The second-order valence-corrected chi connectivity index (χ2v) is 5.73. The Hall–Kier alpha value is -1.43. The Morgan fingerprint density at radius 3 is 2.30 bits per heavy atom. The monoisotopic (exact) mass is 383 g/mol. The van der Waals surface area contributed by atoms with Crippen LogP contribution in [0.4, 0.5) is 5.69 Å². The Bertz CT molecular complexity index is 569. The van der Waals surface area contributed by atoms with Crippen LogP contribution in [-0.2, 0) is 0 Å². The molecule has 0 heterocycles. The lowest BCUT2D eigenvalue weighted by Crippen LogP contribution is -2.07. The summed E-state index contributed by atoms with van der Waals surface area (Å²) < 4.78 is 11.8. The first-order valence-corrected chi connectivity index (χ1v) is 7.46. The van der Waals surface area contributed by atoms with Gasteiger partial charge in [0, 0.05) is 15.7 Å². The first kappa shape index (κ1) is 15.0. The molecule has 0 aliphatic heterocycles. The van der Waals surface area contributed by atoms with Crippen LogP contribution in [0.15, 0.2) is 42.5 Å². The Morgan fingerprint density at radius 1 is 1.00 bits per heavy atom. The van der Waals surface area contributed by atoms with E-state index in [1.165, 1.54) is 9.13 Å². The van der Waals surface area contributed by atoms with E-state index in [1.54, 1.807) is 14.2 Å². The van der Waals surface area contributed by atoms with Gasteiger partial charge in [-0.05, 0) is 59.3 Å². The summed E-state index contributed by atoms with van der Waals surface area (Å²) in [6, 6.07) is 14.5. The molecule has 0 aliphatic carbocycles. The van der Waals surface area contributed by atoms with Crippen LogP contribution in [0.5, 0.6) is 11.5 Å². The van der Waals surface area contributed by atoms with E-state index >= 15 is 0 Å². The molecule has 1 atom stereocenters. The SMILES string of the molecule is COc1ccc(NC(C)c2ccc(I)cc2)c(OC)c1. The van der Waals surface area contributed by atoms with E-state index < -0.39 is 0 Å². The molecule has 0 saturated heterocycles. The lowest BCUT2D eigenvalue weighted by molar-refractivity contribution is 0.395. The predicted octanol–water partition coefficient (Wildman–Crippen LogP) is 4.48. The highest BCUT2D eigenvalue weighted by Gasteiger charge is 2.10. The minimum atomic E-state index is 0.203. The van der Waals surface area contributed by atoms with Gasteiger partial charge in [-0.1, -0.05) is 12.1 Å². The molecule has 1 unspecified atom stereocenters. The minimum absolute atomic E-state index is 0.203. The molecule has 0 aliphatic rings. The molecule has 20 heavy (non-hydrogen) atoms. The summed E-state index contributed by atoms with van der Waals surface area (Å²) in [5.74, 6) is 1.57. The number of hydrogen-bond acceptors (Lipinski definition) is 3. The van der Waals surface area contributed by atoms with Crippen LogP contribution in [0.1, 0.15) is 18.5 Å². The second-order valence-electron chi connectivity index (χ2n) is 4.48. The summed E-state index contributed by atoms with van der Waals surface area (Å²) >= 11 is 2.31. The maximum absolute atomic E-state index is 5.40. The Balaban J connectivity index is 2.18. The van der Waals surface area contributed by atoms with E-state index in [-0.39, 0.29) is 6.04 Å². The second kappa shape index (κ2) is 6.83. The number of hydrogen-bond donors (Lipinski definition) is 1. The zero-order chi connectivity index (χ0) is 14.5. The van der Waals surface area contributed by atoms with Gasteiger partial charge in [0.15, 0.2) is 0 Å². The summed E-state index contributed by atoms with van der Waals surface area (Å²) in [6.45, 7) is 2.13. The summed E-state index contributed by atoms with van der Waals surface area (Å²) in [7, 11) is 3.31. The van der Waals surface area contributed by atoms with Gasteiger partial charge >= 0.3 is 0 Å². The molecule has 0 amide bonds. The molecule has 2 aromatic carbocycles. The Kier molecular flexibility index (Phi) is 5.11. The summed E-state index contributed by atoms with van der Waals surface area (Å²) in [5, 5.41) is 3.47. The van der Waals surface area contributed by atoms with Crippen molar-refractivity contribution < 1.29 is 9.47 Å². The summed E-state index contributed by atoms with van der Waals surface area (Å²) in [6.07, 6.45) is 0. The number of halogens is 1. The zero-order valence-electron chi connectivity index (χ0n) is 11.8. The van der Waals surface area contributed by atoms with E-state index in [0.717, 1.165) is 17.2 Å². The van der Waals surface area contributed by atoms with Crippen molar-refractivity contribution in [1.82, 2.24) is 0 Å². The molecular formula is C16H18INO2. The van der Waals surface area contributed by atoms with Gasteiger partial charge in [0.05, 0.1) is 19.9 Å². The quantitative estimate of drug-likeness (QED) is 0.773. The molecule has 0 fully saturated rings. The molecule has 0 spiro atoms. The fraction of sp³-hybridized carbons (Fsp3) is 0.250. The standard InChI is InChI=1S/C16H18INO2/c1-11(12-4-6-13(17)7-5-12)18-15-9-8-14(19-2)10-16(15)20-3/h4-11,18H,1-3H3. The number of benzene rings is 2. The highest BCUT2D eigenvalue weighted by atomic mass is 127. The van der Waals surface area contributed by atoms with Gasteiger partial charge in [-0.3, -0.25) is 0 Å². The van der Waals surface area contributed by atoms with Gasteiger partial charge in [-0.15, -0.1) is 0 Å². The van der Waals surface area contributed by atoms with Crippen molar-refractivity contribution in [1.29, 1.82) is 0 Å². The summed E-state index contributed by atoms with van der Waals surface area (Å²) in [5.41, 5.74) is 2.20. The fourth-order valence-electron chi connectivity index (χ4n) is 1.99. The molecular weight excluding hydrogens is 365 g/mol. The van der Waals surface area contributed by atoms with Crippen molar-refractivity contribution in [2.24, 2.45) is 0 Å². The maximum atomic E-state index is 5.40. The largest absolute Gasteiger partial charge is 0.497 e. The predicted molar refractivity (Wildman–Crippen MR) is 90.7 cm³/mol. The van der Waals surface area contributed by atoms with Crippen LogP contribution in [0.25, 0.3) is 0 Å². The Morgan fingerprint density at radius 2 is 1.70 bits per heavy atom. The highest BCUT2D eigenvalue weighted by Crippen LogP contribution is 2.31. The van der Waals surface area contributed by atoms with E-state index in [4.69, 9.17) is 9.47 Å². The fourth-order valence-corrected chi connectivity index (χ4v) is 2.35. The van der Waals surface area contributed by atoms with Crippen LogP contribution >= 0.6 is 22.6 Å². The number of rotatable bonds is 5. The third kappa shape index (κ3) is 3.56. The van der Waals surface area contributed by atoms with Crippen molar-refractivity contribution in [2.75, 3.05) is 19.5 Å². The third-order valence-electron chi connectivity index (χ3n) is 3.15. The number of ether oxygens (including phenoxy) is 2. The number of anilines is 1. The molecule has 3 nitrogen and oxygen atoms in total. The molecule has 0 aromatic heterocycles. The lowest BCUT2D eigenvalue weighted by Gasteiger charge is -2.18. The van der Waals surface area contributed by atoms with Crippen molar-refractivity contribution in [2.45, 2.75) is 13.0 Å². The van der Waals surface area contributed by atoms with Crippen molar-refractivity contribution in [3.8, 4) is 11.5 Å². The molecule has 0 radical (unpaired) electrons. The first-order chi connectivity index (χ1) is 9.63. The molecule has 106 valence electrons. The van der Waals surface area contributed by atoms with Crippen LogP contribution in [0.3, 0.4) is 0 Å². The maximum Gasteiger partial charge on any atom is 0.145 e. The smallest absolute Gasteiger partial charge is 0.145 e. The van der Waals surface area contributed by atoms with Crippen molar-refractivity contribution in [3.63, 3.8) is 0 Å². The summed E-state index contributed by atoms with van der Waals surface area (Å²) in [4.78, 5) is 0. The van der Waals surface area contributed by atoms with Gasteiger partial charge in [0.2, 0.25) is 0 Å². The van der Waals surface area contributed by atoms with Gasteiger partial charge in [0.1, 0.15) is 11.5 Å². The van der Waals surface area contributed by atoms with Crippen molar-refractivity contribution >= 4 is 28.3 Å². The lowest BCUT2D eigenvalue weighted by atomic mass is 10.1. The molecule has 2 aromatic rings. The van der Waals surface area contributed by atoms with Gasteiger partial charge in [-0.25, -0.2) is 0 Å². The van der Waals surface area contributed by atoms with Crippen LogP contribution in [-0.4, -0.2) is 14.2 Å². The number of nitrogens with one attached hydrogen (secondary N) is 1. The van der Waals surface area contributed by atoms with Crippen LogP contribution < -0.4 is 14.8 Å². The number of methoxy groups -OCH3 is 2. The Labute approximate surface area is 133 Å².